The van der Waals surface area contributed by atoms with Gasteiger partial charge in [0.15, 0.2) is 17.5 Å². The van der Waals surface area contributed by atoms with Crippen molar-refractivity contribution in [2.75, 3.05) is 20.1 Å². The van der Waals surface area contributed by atoms with E-state index in [4.69, 9.17) is 4.52 Å². The van der Waals surface area contributed by atoms with Gasteiger partial charge < -0.3 is 15.2 Å². The van der Waals surface area contributed by atoms with Crippen LogP contribution in [0, 0.1) is 6.92 Å². The van der Waals surface area contributed by atoms with E-state index < -0.39 is 11.9 Å². The monoisotopic (exact) mass is 490 g/mol. The Morgan fingerprint density at radius 1 is 1.24 bits per heavy atom. The van der Waals surface area contributed by atoms with E-state index in [1.807, 2.05) is 0 Å². The number of nitrogens with one attached hydrogen (secondary N) is 2. The fourth-order valence-corrected chi connectivity index (χ4v) is 2.60. The SMILES string of the molecule is CN=C(NCCc1nc(C)no1)NCCc1nc(C(F)(F)F)cs1.I. The summed E-state index contributed by atoms with van der Waals surface area (Å²) in [5, 5.41) is 11.2. The van der Waals surface area contributed by atoms with Crippen LogP contribution in [0.2, 0.25) is 0 Å². The van der Waals surface area contributed by atoms with Crippen molar-refractivity contribution in [3.05, 3.63) is 27.8 Å². The second-order valence-electron chi connectivity index (χ2n) is 4.79. The first kappa shape index (κ1) is 21.6. The van der Waals surface area contributed by atoms with Gasteiger partial charge in [-0.3, -0.25) is 4.99 Å². The van der Waals surface area contributed by atoms with Gasteiger partial charge in [0.25, 0.3) is 0 Å². The van der Waals surface area contributed by atoms with Crippen molar-refractivity contribution in [1.82, 2.24) is 25.8 Å². The molecule has 2 rings (SSSR count). The second kappa shape index (κ2) is 9.89. The number of hydrogen-bond acceptors (Lipinski definition) is 6. The van der Waals surface area contributed by atoms with Crippen LogP contribution in [0.3, 0.4) is 0 Å². The first-order chi connectivity index (χ1) is 11.4. The van der Waals surface area contributed by atoms with Crippen molar-refractivity contribution in [2.24, 2.45) is 4.99 Å². The molecule has 0 saturated heterocycles. The number of rotatable bonds is 6. The quantitative estimate of drug-likeness (QED) is 0.368. The molecule has 12 heteroatoms. The van der Waals surface area contributed by atoms with E-state index in [9.17, 15) is 13.2 Å². The van der Waals surface area contributed by atoms with E-state index in [2.05, 4.69) is 30.8 Å². The number of aryl methyl sites for hydroxylation is 1. The van der Waals surface area contributed by atoms with Crippen LogP contribution in [0.15, 0.2) is 14.9 Å². The fraction of sp³-hybridized carbons (Fsp3) is 0.538. The Hall–Kier alpha value is -1.44. The summed E-state index contributed by atoms with van der Waals surface area (Å²) in [5.74, 6) is 1.64. The molecule has 0 fully saturated rings. The summed E-state index contributed by atoms with van der Waals surface area (Å²) < 4.78 is 42.4. The van der Waals surface area contributed by atoms with Crippen molar-refractivity contribution >= 4 is 41.3 Å². The summed E-state index contributed by atoms with van der Waals surface area (Å²) in [6, 6.07) is 0. The summed E-state index contributed by atoms with van der Waals surface area (Å²) in [7, 11) is 1.61. The Morgan fingerprint density at radius 2 is 1.92 bits per heavy atom. The molecule has 2 aromatic rings. The van der Waals surface area contributed by atoms with Crippen LogP contribution < -0.4 is 10.6 Å². The number of guanidine groups is 1. The Kier molecular flexibility index (Phi) is 8.55. The first-order valence-electron chi connectivity index (χ1n) is 7.14. The normalized spacial score (nSPS) is 12.0. The molecule has 0 spiro atoms. The molecule has 0 radical (unpaired) electrons. The lowest BCUT2D eigenvalue weighted by Gasteiger charge is -2.10. The predicted molar refractivity (Wildman–Crippen MR) is 98.3 cm³/mol. The third-order valence-electron chi connectivity index (χ3n) is 2.90. The Balaban J connectivity index is 0.00000312. The second-order valence-corrected chi connectivity index (χ2v) is 5.73. The standard InChI is InChI=1S/C13H17F3N6OS.HI/c1-8-20-10(23-22-8)3-5-18-12(17-2)19-6-4-11-21-9(7-24-11)13(14,15)16;/h7H,3-6H2,1-2H3,(H2,17,18,19);1H. The number of aromatic nitrogens is 3. The van der Waals surface area contributed by atoms with E-state index in [1.54, 1.807) is 14.0 Å². The van der Waals surface area contributed by atoms with Gasteiger partial charge in [-0.1, -0.05) is 5.16 Å². The van der Waals surface area contributed by atoms with E-state index in [0.717, 1.165) is 16.7 Å². The minimum Gasteiger partial charge on any atom is -0.356 e. The number of aliphatic imine (C=N–C) groups is 1. The molecule has 0 aromatic carbocycles. The summed E-state index contributed by atoms with van der Waals surface area (Å²) in [6.45, 7) is 2.70. The van der Waals surface area contributed by atoms with Gasteiger partial charge in [-0.05, 0) is 6.92 Å². The summed E-state index contributed by atoms with van der Waals surface area (Å²) in [5.41, 5.74) is -0.847. The predicted octanol–water partition coefficient (Wildman–Crippen LogP) is 2.42. The lowest BCUT2D eigenvalue weighted by molar-refractivity contribution is -0.140. The van der Waals surface area contributed by atoms with E-state index in [0.29, 0.717) is 48.6 Å². The van der Waals surface area contributed by atoms with Gasteiger partial charge in [-0.25, -0.2) is 4.98 Å². The molecular weight excluding hydrogens is 472 g/mol. The Morgan fingerprint density at radius 3 is 2.44 bits per heavy atom. The third-order valence-corrected chi connectivity index (χ3v) is 3.81. The topological polar surface area (TPSA) is 88.2 Å². The third kappa shape index (κ3) is 7.13. The van der Waals surface area contributed by atoms with Gasteiger partial charge in [-0.15, -0.1) is 35.3 Å². The van der Waals surface area contributed by atoms with Crippen molar-refractivity contribution in [2.45, 2.75) is 25.9 Å². The Labute approximate surface area is 163 Å². The minimum absolute atomic E-state index is 0. The van der Waals surface area contributed by atoms with Crippen LogP contribution in [0.5, 0.6) is 0 Å². The number of halogens is 4. The minimum atomic E-state index is -4.40. The molecule has 0 amide bonds. The molecule has 0 aliphatic heterocycles. The lowest BCUT2D eigenvalue weighted by atomic mass is 10.4. The van der Waals surface area contributed by atoms with Crippen LogP contribution in [0.25, 0.3) is 0 Å². The molecular formula is C13H18F3IN6OS. The smallest absolute Gasteiger partial charge is 0.356 e. The van der Waals surface area contributed by atoms with Gasteiger partial charge in [-0.2, -0.15) is 18.2 Å². The highest BCUT2D eigenvalue weighted by Gasteiger charge is 2.33. The molecule has 0 saturated carbocycles. The Bertz CT molecular complexity index is 687. The molecule has 0 atom stereocenters. The fourth-order valence-electron chi connectivity index (χ4n) is 1.79. The molecule has 0 aliphatic carbocycles. The highest BCUT2D eigenvalue weighted by Crippen LogP contribution is 2.29. The average molecular weight is 490 g/mol. The van der Waals surface area contributed by atoms with E-state index in [1.165, 1.54) is 0 Å². The summed E-state index contributed by atoms with van der Waals surface area (Å²) in [4.78, 5) is 11.7. The molecule has 2 heterocycles. The number of alkyl halides is 3. The van der Waals surface area contributed by atoms with Gasteiger partial charge in [0.05, 0.1) is 5.01 Å². The van der Waals surface area contributed by atoms with Gasteiger partial charge in [0.1, 0.15) is 0 Å². The van der Waals surface area contributed by atoms with Crippen LogP contribution in [-0.4, -0.2) is 41.2 Å². The maximum Gasteiger partial charge on any atom is 0.434 e. The molecule has 0 bridgehead atoms. The first-order valence-corrected chi connectivity index (χ1v) is 8.01. The zero-order chi connectivity index (χ0) is 17.6. The molecule has 7 nitrogen and oxygen atoms in total. The summed E-state index contributed by atoms with van der Waals surface area (Å²) >= 11 is 0.994. The van der Waals surface area contributed by atoms with Gasteiger partial charge >= 0.3 is 6.18 Å². The largest absolute Gasteiger partial charge is 0.434 e. The molecule has 0 aliphatic rings. The van der Waals surface area contributed by atoms with E-state index >= 15 is 0 Å². The molecule has 2 aromatic heterocycles. The van der Waals surface area contributed by atoms with Crippen LogP contribution in [0.4, 0.5) is 13.2 Å². The summed E-state index contributed by atoms with van der Waals surface area (Å²) in [6.07, 6.45) is -3.47. The van der Waals surface area contributed by atoms with Crippen molar-refractivity contribution in [3.8, 4) is 0 Å². The maximum absolute atomic E-state index is 12.5. The zero-order valence-electron chi connectivity index (χ0n) is 13.6. The van der Waals surface area contributed by atoms with Crippen LogP contribution >= 0.6 is 35.3 Å². The van der Waals surface area contributed by atoms with Crippen molar-refractivity contribution in [3.63, 3.8) is 0 Å². The average Bonchev–Trinajstić information content (AvgIpc) is 3.14. The van der Waals surface area contributed by atoms with Gasteiger partial charge in [0, 0.05) is 38.4 Å². The molecule has 0 unspecified atom stereocenters. The van der Waals surface area contributed by atoms with Crippen molar-refractivity contribution < 1.29 is 17.7 Å². The number of thiazole rings is 1. The zero-order valence-corrected chi connectivity index (χ0v) is 16.7. The molecule has 2 N–H and O–H groups in total. The lowest BCUT2D eigenvalue weighted by Crippen LogP contribution is -2.39. The van der Waals surface area contributed by atoms with E-state index in [-0.39, 0.29) is 24.0 Å². The van der Waals surface area contributed by atoms with Gasteiger partial charge in [0.2, 0.25) is 5.89 Å². The molecule has 25 heavy (non-hydrogen) atoms. The highest BCUT2D eigenvalue weighted by atomic mass is 127. The number of nitrogens with zero attached hydrogens (tertiary/aromatic N) is 4. The molecule has 140 valence electrons. The highest BCUT2D eigenvalue weighted by molar-refractivity contribution is 14.0. The maximum atomic E-state index is 12.5. The number of hydrogen-bond donors (Lipinski definition) is 2. The van der Waals surface area contributed by atoms with Crippen LogP contribution in [0.1, 0.15) is 22.4 Å². The van der Waals surface area contributed by atoms with Crippen molar-refractivity contribution in [1.29, 1.82) is 0 Å². The van der Waals surface area contributed by atoms with Crippen LogP contribution in [-0.2, 0) is 19.0 Å².